The van der Waals surface area contributed by atoms with Crippen LogP contribution in [0.25, 0.3) is 0 Å². The van der Waals surface area contributed by atoms with E-state index in [1.165, 1.54) is 0 Å². The molecule has 0 heterocycles. The zero-order chi connectivity index (χ0) is 8.27. The first kappa shape index (κ1) is 9.10. The summed E-state index contributed by atoms with van der Waals surface area (Å²) in [7, 11) is 0. The molecule has 0 bridgehead atoms. The zero-order valence-electron chi connectivity index (χ0n) is 6.35. The first-order chi connectivity index (χ1) is 5.24. The Kier molecular flexibility index (Phi) is 3.43. The lowest BCUT2D eigenvalue weighted by atomic mass is 9.87. The number of aliphatic hydroxyl groups excluding tert-OH is 1. The van der Waals surface area contributed by atoms with Crippen molar-refractivity contribution in [1.82, 2.24) is 0 Å². The van der Waals surface area contributed by atoms with Gasteiger partial charge in [-0.1, -0.05) is 12.2 Å². The second kappa shape index (κ2) is 4.14. The van der Waals surface area contributed by atoms with Crippen LogP contribution in [0.4, 0.5) is 0 Å². The van der Waals surface area contributed by atoms with E-state index >= 15 is 0 Å². The van der Waals surface area contributed by atoms with Gasteiger partial charge in [-0.2, -0.15) is 12.6 Å². The first-order valence-electron chi connectivity index (χ1n) is 3.87. The quantitative estimate of drug-likeness (QED) is 0.329. The molecule has 3 heteroatoms. The summed E-state index contributed by atoms with van der Waals surface area (Å²) in [6.07, 6.45) is 4.57. The van der Waals surface area contributed by atoms with Crippen LogP contribution in [0, 0.1) is 11.8 Å². The number of thiol groups is 1. The third-order valence-corrected chi connectivity index (χ3v) is 2.58. The molecule has 64 valence electrons. The Morgan fingerprint density at radius 2 is 2.27 bits per heavy atom. The van der Waals surface area contributed by atoms with E-state index in [1.54, 1.807) is 0 Å². The van der Waals surface area contributed by atoms with Crippen molar-refractivity contribution in [2.75, 3.05) is 5.75 Å². The summed E-state index contributed by atoms with van der Waals surface area (Å²) in [5.41, 5.74) is 0. The van der Waals surface area contributed by atoms with Crippen LogP contribution >= 0.6 is 12.6 Å². The molecule has 0 radical (unpaired) electrons. The van der Waals surface area contributed by atoms with Crippen LogP contribution in [-0.2, 0) is 0 Å². The van der Waals surface area contributed by atoms with Gasteiger partial charge in [-0.05, 0) is 24.5 Å². The van der Waals surface area contributed by atoms with Crippen LogP contribution in [0.2, 0.25) is 0 Å². The van der Waals surface area contributed by atoms with Crippen molar-refractivity contribution in [2.45, 2.75) is 19.1 Å². The number of hydrogen-bond acceptors (Lipinski definition) is 3. The Morgan fingerprint density at radius 1 is 1.55 bits per heavy atom. The molecule has 1 aliphatic carbocycles. The number of allylic oxidation sites excluding steroid dienone is 2. The summed E-state index contributed by atoms with van der Waals surface area (Å²) in [4.78, 5) is 0. The minimum atomic E-state index is -1.16. The summed E-state index contributed by atoms with van der Waals surface area (Å²) in [6.45, 7) is 0. The first-order valence-corrected chi connectivity index (χ1v) is 4.51. The molecule has 0 saturated heterocycles. The predicted molar refractivity (Wildman–Crippen MR) is 47.4 cm³/mol. The van der Waals surface area contributed by atoms with E-state index in [0.717, 1.165) is 18.6 Å². The highest BCUT2D eigenvalue weighted by Gasteiger charge is 2.21. The molecular formula is C8H14O2S. The molecule has 2 atom stereocenters. The summed E-state index contributed by atoms with van der Waals surface area (Å²) in [5, 5.41) is 17.8. The molecule has 2 N–H and O–H groups in total. The van der Waals surface area contributed by atoms with Gasteiger partial charge in [0.05, 0.1) is 0 Å². The van der Waals surface area contributed by atoms with Crippen molar-refractivity contribution in [1.29, 1.82) is 0 Å². The minimum absolute atomic E-state index is 0.0112. The molecule has 0 aliphatic heterocycles. The summed E-state index contributed by atoms with van der Waals surface area (Å²) < 4.78 is 0. The molecule has 0 saturated carbocycles. The maximum Gasteiger partial charge on any atom is 0.154 e. The van der Waals surface area contributed by atoms with Crippen LogP contribution in [0.5, 0.6) is 0 Å². The van der Waals surface area contributed by atoms with Gasteiger partial charge in [-0.15, -0.1) is 0 Å². The highest BCUT2D eigenvalue weighted by atomic mass is 32.1. The average Bonchev–Trinajstić information content (AvgIpc) is 2.05. The molecule has 0 aromatic heterocycles. The molecule has 0 spiro atoms. The summed E-state index contributed by atoms with van der Waals surface area (Å²) in [6, 6.07) is 0. The number of aliphatic hydroxyl groups is 2. The fourth-order valence-electron chi connectivity index (χ4n) is 1.39. The van der Waals surface area contributed by atoms with Crippen LogP contribution < -0.4 is 0 Å². The zero-order valence-corrected chi connectivity index (χ0v) is 7.24. The van der Waals surface area contributed by atoms with E-state index < -0.39 is 6.29 Å². The number of rotatable bonds is 2. The van der Waals surface area contributed by atoms with E-state index in [4.69, 9.17) is 10.2 Å². The van der Waals surface area contributed by atoms with Gasteiger partial charge < -0.3 is 10.2 Å². The van der Waals surface area contributed by atoms with Crippen LogP contribution in [0.15, 0.2) is 12.2 Å². The van der Waals surface area contributed by atoms with E-state index in [9.17, 15) is 0 Å². The predicted octanol–water partition coefficient (Wildman–Crippen LogP) is 0.809. The molecule has 0 amide bonds. The van der Waals surface area contributed by atoms with E-state index in [2.05, 4.69) is 18.7 Å². The minimum Gasteiger partial charge on any atom is -0.368 e. The highest BCUT2D eigenvalue weighted by Crippen LogP contribution is 2.25. The Balaban J connectivity index is 2.44. The van der Waals surface area contributed by atoms with Crippen LogP contribution in [-0.4, -0.2) is 22.3 Å². The van der Waals surface area contributed by atoms with E-state index in [-0.39, 0.29) is 5.92 Å². The molecule has 11 heavy (non-hydrogen) atoms. The molecule has 0 fully saturated rings. The van der Waals surface area contributed by atoms with Crippen molar-refractivity contribution in [3.63, 3.8) is 0 Å². The Bertz CT molecular complexity index is 145. The summed E-state index contributed by atoms with van der Waals surface area (Å²) in [5.74, 6) is 1.22. The van der Waals surface area contributed by atoms with Crippen molar-refractivity contribution in [3.8, 4) is 0 Å². The smallest absolute Gasteiger partial charge is 0.154 e. The lowest BCUT2D eigenvalue weighted by molar-refractivity contribution is -0.0881. The normalized spacial score (nSPS) is 31.3. The van der Waals surface area contributed by atoms with Crippen LogP contribution in [0.3, 0.4) is 0 Å². The Morgan fingerprint density at radius 3 is 2.82 bits per heavy atom. The Labute approximate surface area is 72.3 Å². The second-order valence-corrected chi connectivity index (χ2v) is 3.38. The SMILES string of the molecule is OC(O)C1CC=CC(CS)C1. The molecule has 2 unspecified atom stereocenters. The van der Waals surface area contributed by atoms with Crippen molar-refractivity contribution in [3.05, 3.63) is 12.2 Å². The topological polar surface area (TPSA) is 40.5 Å². The van der Waals surface area contributed by atoms with Gasteiger partial charge in [0.2, 0.25) is 0 Å². The second-order valence-electron chi connectivity index (χ2n) is 3.02. The maximum absolute atomic E-state index is 8.89. The molecule has 1 aliphatic rings. The van der Waals surface area contributed by atoms with Gasteiger partial charge >= 0.3 is 0 Å². The highest BCUT2D eigenvalue weighted by molar-refractivity contribution is 7.80. The lowest BCUT2D eigenvalue weighted by Crippen LogP contribution is -2.24. The molecular weight excluding hydrogens is 160 g/mol. The molecule has 0 aromatic rings. The largest absolute Gasteiger partial charge is 0.368 e. The fourth-order valence-corrected chi connectivity index (χ4v) is 1.66. The molecule has 0 aromatic carbocycles. The third kappa shape index (κ3) is 2.51. The summed E-state index contributed by atoms with van der Waals surface area (Å²) >= 11 is 4.16. The fraction of sp³-hybridized carbons (Fsp3) is 0.750. The lowest BCUT2D eigenvalue weighted by Gasteiger charge is -2.24. The third-order valence-electron chi connectivity index (χ3n) is 2.11. The molecule has 1 rings (SSSR count). The van der Waals surface area contributed by atoms with Gasteiger partial charge in [0.15, 0.2) is 6.29 Å². The van der Waals surface area contributed by atoms with E-state index in [0.29, 0.717) is 5.92 Å². The van der Waals surface area contributed by atoms with Gasteiger partial charge in [-0.25, -0.2) is 0 Å². The monoisotopic (exact) mass is 174 g/mol. The standard InChI is InChI=1S/C8H14O2S/c9-8(10)7-3-1-2-6(4-7)5-11/h1-2,6-11H,3-5H2. The van der Waals surface area contributed by atoms with Crippen molar-refractivity contribution >= 4 is 12.6 Å². The number of hydrogen-bond donors (Lipinski definition) is 3. The average molecular weight is 174 g/mol. The molecule has 2 nitrogen and oxygen atoms in total. The van der Waals surface area contributed by atoms with Crippen LogP contribution in [0.1, 0.15) is 12.8 Å². The van der Waals surface area contributed by atoms with Crippen molar-refractivity contribution < 1.29 is 10.2 Å². The van der Waals surface area contributed by atoms with Gasteiger partial charge in [-0.3, -0.25) is 0 Å². The maximum atomic E-state index is 8.89. The van der Waals surface area contributed by atoms with Gasteiger partial charge in [0, 0.05) is 5.92 Å². The van der Waals surface area contributed by atoms with Crippen molar-refractivity contribution in [2.24, 2.45) is 11.8 Å². The van der Waals surface area contributed by atoms with E-state index in [1.807, 2.05) is 6.08 Å². The Hall–Kier alpha value is 0.01000. The van der Waals surface area contributed by atoms with Gasteiger partial charge in [0.1, 0.15) is 0 Å². The van der Waals surface area contributed by atoms with Gasteiger partial charge in [0.25, 0.3) is 0 Å².